The normalized spacial score (nSPS) is 12.2. The van der Waals surface area contributed by atoms with Gasteiger partial charge in [0.2, 0.25) is 0 Å². The lowest BCUT2D eigenvalue weighted by molar-refractivity contribution is 0.0887. The minimum Gasteiger partial charge on any atom is -0.497 e. The van der Waals surface area contributed by atoms with Crippen molar-refractivity contribution in [3.63, 3.8) is 0 Å². The number of hydrogen-bond acceptors (Lipinski definition) is 7. The Morgan fingerprint density at radius 1 is 1.16 bits per heavy atom. The average molecular weight is 457 g/mol. The summed E-state index contributed by atoms with van der Waals surface area (Å²) in [7, 11) is 4.40. The lowest BCUT2D eigenvalue weighted by Gasteiger charge is -2.28. The first-order valence-corrected chi connectivity index (χ1v) is 11.1. The van der Waals surface area contributed by atoms with Crippen molar-refractivity contribution >= 4 is 22.9 Å². The van der Waals surface area contributed by atoms with Crippen molar-refractivity contribution in [3.8, 4) is 5.75 Å². The van der Waals surface area contributed by atoms with Gasteiger partial charge in [0, 0.05) is 31.6 Å². The Balaban J connectivity index is 1.91. The first kappa shape index (κ1) is 23.5. The molecule has 32 heavy (non-hydrogen) atoms. The van der Waals surface area contributed by atoms with Gasteiger partial charge in [0.1, 0.15) is 17.1 Å². The molecule has 9 heteroatoms. The summed E-state index contributed by atoms with van der Waals surface area (Å²) in [4.78, 5) is 41.2. The first-order chi connectivity index (χ1) is 15.2. The zero-order valence-electron chi connectivity index (χ0n) is 18.7. The van der Waals surface area contributed by atoms with E-state index >= 15 is 0 Å². The number of thiophene rings is 1. The number of nitrogen functional groups attached to an aromatic ring is 1. The van der Waals surface area contributed by atoms with Gasteiger partial charge in [-0.15, -0.1) is 11.3 Å². The predicted molar refractivity (Wildman–Crippen MR) is 127 cm³/mol. The van der Waals surface area contributed by atoms with Crippen molar-refractivity contribution in [1.82, 2.24) is 14.0 Å². The molecule has 2 N–H and O–H groups in total. The quantitative estimate of drug-likeness (QED) is 0.495. The highest BCUT2D eigenvalue weighted by Gasteiger charge is 2.25. The first-order valence-electron chi connectivity index (χ1n) is 10.2. The Bertz CT molecular complexity index is 1200. The van der Waals surface area contributed by atoms with E-state index in [-0.39, 0.29) is 24.0 Å². The number of carbonyl (C=O) groups is 1. The van der Waals surface area contributed by atoms with Crippen molar-refractivity contribution in [2.45, 2.75) is 25.9 Å². The van der Waals surface area contributed by atoms with Crippen molar-refractivity contribution < 1.29 is 9.53 Å². The third-order valence-electron chi connectivity index (χ3n) is 5.58. The molecule has 0 amide bonds. The van der Waals surface area contributed by atoms with Crippen LogP contribution in [-0.2, 0) is 27.1 Å². The number of rotatable bonds is 9. The van der Waals surface area contributed by atoms with Crippen LogP contribution in [0.4, 0.5) is 5.82 Å². The summed E-state index contributed by atoms with van der Waals surface area (Å²) < 4.78 is 7.26. The number of carbonyl (C=O) groups excluding carboxylic acids is 1. The van der Waals surface area contributed by atoms with E-state index < -0.39 is 17.0 Å². The second-order valence-electron chi connectivity index (χ2n) is 7.77. The van der Waals surface area contributed by atoms with Crippen molar-refractivity contribution in [1.29, 1.82) is 0 Å². The summed E-state index contributed by atoms with van der Waals surface area (Å²) in [6.45, 7) is 2.56. The van der Waals surface area contributed by atoms with Gasteiger partial charge in [0.25, 0.3) is 5.56 Å². The van der Waals surface area contributed by atoms with Gasteiger partial charge in [-0.2, -0.15) is 0 Å². The van der Waals surface area contributed by atoms with Crippen LogP contribution >= 0.6 is 11.3 Å². The molecule has 0 aliphatic heterocycles. The number of methoxy groups -OCH3 is 1. The Kier molecular flexibility index (Phi) is 7.32. The second-order valence-corrected chi connectivity index (χ2v) is 8.81. The smallest absolute Gasteiger partial charge is 0.332 e. The van der Waals surface area contributed by atoms with Gasteiger partial charge in [-0.1, -0.05) is 18.2 Å². The number of ether oxygens (including phenoxy) is 1. The number of anilines is 1. The molecule has 0 radical (unpaired) electrons. The molecule has 1 atom stereocenters. The van der Waals surface area contributed by atoms with Crippen LogP contribution in [0.2, 0.25) is 0 Å². The van der Waals surface area contributed by atoms with Gasteiger partial charge < -0.3 is 10.5 Å². The maximum Gasteiger partial charge on any atom is 0.332 e. The number of aromatic nitrogens is 2. The number of nitrogens with two attached hydrogens (primary N) is 1. The van der Waals surface area contributed by atoms with Crippen molar-refractivity contribution in [2.75, 3.05) is 19.4 Å². The molecule has 3 rings (SSSR count). The van der Waals surface area contributed by atoms with Crippen LogP contribution in [0.1, 0.15) is 27.7 Å². The van der Waals surface area contributed by atoms with Gasteiger partial charge in [-0.3, -0.25) is 23.6 Å². The summed E-state index contributed by atoms with van der Waals surface area (Å²) in [5.74, 6) is 0.230. The van der Waals surface area contributed by atoms with Crippen LogP contribution in [-0.4, -0.2) is 39.5 Å². The van der Waals surface area contributed by atoms with Crippen LogP contribution in [0, 0.1) is 0 Å². The van der Waals surface area contributed by atoms with E-state index in [1.165, 1.54) is 19.0 Å². The molecule has 2 heterocycles. The molecule has 2 aromatic heterocycles. The molecule has 1 unspecified atom stereocenters. The highest BCUT2D eigenvalue weighted by atomic mass is 32.1. The van der Waals surface area contributed by atoms with E-state index in [0.717, 1.165) is 26.9 Å². The number of ketones is 1. The molecular formula is C23H28N4O4S. The topological polar surface area (TPSA) is 99.6 Å². The van der Waals surface area contributed by atoms with Crippen molar-refractivity contribution in [2.24, 2.45) is 14.1 Å². The van der Waals surface area contributed by atoms with E-state index in [1.54, 1.807) is 18.4 Å². The zero-order valence-corrected chi connectivity index (χ0v) is 19.5. The molecule has 0 spiro atoms. The molecule has 0 aliphatic rings. The monoisotopic (exact) mass is 456 g/mol. The number of Topliss-reactive ketones (excluding diaryl/α,β-unsaturated/α-hetero) is 1. The highest BCUT2D eigenvalue weighted by molar-refractivity contribution is 7.09. The average Bonchev–Trinajstić information content (AvgIpc) is 3.29. The van der Waals surface area contributed by atoms with E-state index in [1.807, 2.05) is 40.6 Å². The molecule has 170 valence electrons. The Morgan fingerprint density at radius 3 is 2.44 bits per heavy atom. The molecule has 0 bridgehead atoms. The van der Waals surface area contributed by atoms with Crippen LogP contribution in [0.25, 0.3) is 0 Å². The zero-order chi connectivity index (χ0) is 23.4. The minimum absolute atomic E-state index is 0.00376. The van der Waals surface area contributed by atoms with Crippen molar-refractivity contribution in [3.05, 3.63) is 78.6 Å². The third-order valence-corrected chi connectivity index (χ3v) is 6.48. The Labute approximate surface area is 190 Å². The lowest BCUT2D eigenvalue weighted by Crippen LogP contribution is -2.44. The number of nitrogens with zero attached hydrogens (tertiary/aromatic N) is 3. The predicted octanol–water partition coefficient (Wildman–Crippen LogP) is 2.05. The maximum absolute atomic E-state index is 13.2. The lowest BCUT2D eigenvalue weighted by atomic mass is 10.1. The maximum atomic E-state index is 13.2. The standard InChI is InChI=1S/C23H28N4O4S/c1-15(12-18-6-5-11-32-18)27(13-16-7-9-17(31-4)10-8-16)14-19(28)20-21(24)25(2)23(30)26(3)22(20)29/h5-11,15H,12-14,24H2,1-4H3. The fraction of sp³-hybridized carbons (Fsp3) is 0.348. The molecule has 8 nitrogen and oxygen atoms in total. The molecule has 1 aromatic carbocycles. The fourth-order valence-electron chi connectivity index (χ4n) is 3.57. The molecule has 0 saturated carbocycles. The number of benzene rings is 1. The van der Waals surface area contributed by atoms with Crippen LogP contribution in [0.15, 0.2) is 51.4 Å². The third kappa shape index (κ3) is 5.00. The van der Waals surface area contributed by atoms with Gasteiger partial charge in [0.05, 0.1) is 13.7 Å². The summed E-state index contributed by atoms with van der Waals surface area (Å²) in [6, 6.07) is 11.7. The molecule has 0 saturated heterocycles. The van der Waals surface area contributed by atoms with Gasteiger partial charge in [0.15, 0.2) is 5.78 Å². The SMILES string of the molecule is COc1ccc(CN(CC(=O)c2c(N)n(C)c(=O)n(C)c2=O)C(C)Cc2cccs2)cc1. The minimum atomic E-state index is -0.675. The highest BCUT2D eigenvalue weighted by Crippen LogP contribution is 2.19. The molecule has 0 aliphatic carbocycles. The summed E-state index contributed by atoms with van der Waals surface area (Å²) >= 11 is 1.67. The van der Waals surface area contributed by atoms with Crippen LogP contribution in [0.3, 0.4) is 0 Å². The summed E-state index contributed by atoms with van der Waals surface area (Å²) in [5, 5.41) is 2.02. The molecule has 3 aromatic rings. The molecular weight excluding hydrogens is 428 g/mol. The van der Waals surface area contributed by atoms with Gasteiger partial charge in [-0.25, -0.2) is 4.79 Å². The van der Waals surface area contributed by atoms with Gasteiger partial charge in [-0.05, 0) is 42.5 Å². The number of hydrogen-bond donors (Lipinski definition) is 1. The van der Waals surface area contributed by atoms with E-state index in [0.29, 0.717) is 6.54 Å². The van der Waals surface area contributed by atoms with Crippen LogP contribution < -0.4 is 21.7 Å². The largest absolute Gasteiger partial charge is 0.497 e. The summed E-state index contributed by atoms with van der Waals surface area (Å²) in [6.07, 6.45) is 0.766. The van der Waals surface area contributed by atoms with E-state index in [2.05, 4.69) is 13.0 Å². The van der Waals surface area contributed by atoms with E-state index in [4.69, 9.17) is 10.5 Å². The van der Waals surface area contributed by atoms with Crippen LogP contribution in [0.5, 0.6) is 5.75 Å². The Hall–Kier alpha value is -3.17. The second kappa shape index (κ2) is 9.97. The van der Waals surface area contributed by atoms with E-state index in [9.17, 15) is 14.4 Å². The van der Waals surface area contributed by atoms with Gasteiger partial charge >= 0.3 is 5.69 Å². The Morgan fingerprint density at radius 2 is 1.84 bits per heavy atom. The fourth-order valence-corrected chi connectivity index (χ4v) is 4.39. The molecule has 0 fully saturated rings. The summed E-state index contributed by atoms with van der Waals surface area (Å²) in [5.41, 5.74) is 5.62.